The summed E-state index contributed by atoms with van der Waals surface area (Å²) in [5.74, 6) is -0.0732. The van der Waals surface area contributed by atoms with E-state index in [0.29, 0.717) is 19.4 Å². The first kappa shape index (κ1) is 32.9. The maximum absolute atomic E-state index is 12.0. The van der Waals surface area contributed by atoms with Crippen molar-refractivity contribution in [3.63, 3.8) is 0 Å². The summed E-state index contributed by atoms with van der Waals surface area (Å²) >= 11 is 0. The number of hydrogen-bond donors (Lipinski definition) is 0. The van der Waals surface area contributed by atoms with Gasteiger partial charge in [-0.1, -0.05) is 124 Å². The fourth-order valence-electron chi connectivity index (χ4n) is 4.42. The van der Waals surface area contributed by atoms with Crippen molar-refractivity contribution >= 4 is 11.9 Å². The summed E-state index contributed by atoms with van der Waals surface area (Å²) in [6.45, 7) is 7.12. The molecule has 0 aromatic carbocycles. The van der Waals surface area contributed by atoms with E-state index in [1.807, 2.05) is 0 Å². The van der Waals surface area contributed by atoms with Crippen LogP contribution in [0.1, 0.15) is 168 Å². The molecule has 0 saturated heterocycles. The van der Waals surface area contributed by atoms with Crippen LogP contribution in [0.25, 0.3) is 0 Å². The smallest absolute Gasteiger partial charge is 0.306 e. The summed E-state index contributed by atoms with van der Waals surface area (Å²) in [5.41, 5.74) is 0. The molecule has 0 aliphatic carbocycles. The van der Waals surface area contributed by atoms with Gasteiger partial charge in [-0.05, 0) is 32.1 Å². The van der Waals surface area contributed by atoms with Gasteiger partial charge in [-0.25, -0.2) is 0 Å². The van der Waals surface area contributed by atoms with Crippen molar-refractivity contribution in [2.75, 3.05) is 6.61 Å². The fraction of sp³-hybridized carbons (Fsp3) is 0.933. The molecule has 0 aliphatic heterocycles. The number of ether oxygens (including phenoxy) is 2. The van der Waals surface area contributed by atoms with E-state index in [1.54, 1.807) is 0 Å². The molecule has 0 N–H and O–H groups in total. The highest BCUT2D eigenvalue weighted by Gasteiger charge is 2.12. The van der Waals surface area contributed by atoms with Crippen molar-refractivity contribution in [3.05, 3.63) is 0 Å². The minimum Gasteiger partial charge on any atom is -0.466 e. The van der Waals surface area contributed by atoms with Gasteiger partial charge in [-0.2, -0.15) is 0 Å². The van der Waals surface area contributed by atoms with E-state index in [-0.39, 0.29) is 18.0 Å². The Bertz CT molecular complexity index is 443. The van der Waals surface area contributed by atoms with Crippen LogP contribution in [-0.4, -0.2) is 24.6 Å². The molecule has 0 aromatic heterocycles. The second kappa shape index (κ2) is 26.5. The molecular weight excluding hydrogens is 424 g/mol. The van der Waals surface area contributed by atoms with Crippen molar-refractivity contribution < 1.29 is 19.1 Å². The average molecular weight is 483 g/mol. The Hall–Kier alpha value is -1.06. The molecule has 0 amide bonds. The van der Waals surface area contributed by atoms with E-state index in [4.69, 9.17) is 9.47 Å². The van der Waals surface area contributed by atoms with Crippen LogP contribution in [0.15, 0.2) is 0 Å². The summed E-state index contributed by atoms with van der Waals surface area (Å²) in [4.78, 5) is 23.8. The number of hydrogen-bond acceptors (Lipinski definition) is 4. The quantitative estimate of drug-likeness (QED) is 0.0909. The molecule has 202 valence electrons. The Morgan fingerprint density at radius 3 is 1.38 bits per heavy atom. The molecule has 0 spiro atoms. The fourth-order valence-corrected chi connectivity index (χ4v) is 4.42. The van der Waals surface area contributed by atoms with Crippen LogP contribution < -0.4 is 0 Å². The minimum atomic E-state index is -0.0384. The third kappa shape index (κ3) is 24.1. The highest BCUT2D eigenvalue weighted by atomic mass is 16.5. The molecule has 0 fully saturated rings. The molecule has 0 atom stereocenters. The van der Waals surface area contributed by atoms with E-state index in [9.17, 15) is 9.59 Å². The first-order valence-electron chi connectivity index (χ1n) is 15.0. The van der Waals surface area contributed by atoms with Gasteiger partial charge in [0.1, 0.15) is 6.10 Å². The number of esters is 2. The lowest BCUT2D eigenvalue weighted by Gasteiger charge is -2.16. The molecule has 0 aromatic rings. The largest absolute Gasteiger partial charge is 0.466 e. The zero-order valence-electron chi connectivity index (χ0n) is 23.2. The molecule has 0 radical (unpaired) electrons. The molecule has 4 nitrogen and oxygen atoms in total. The van der Waals surface area contributed by atoms with Gasteiger partial charge in [-0.15, -0.1) is 0 Å². The molecule has 0 bridgehead atoms. The third-order valence-corrected chi connectivity index (χ3v) is 6.54. The highest BCUT2D eigenvalue weighted by Crippen LogP contribution is 2.14. The van der Waals surface area contributed by atoms with E-state index in [2.05, 4.69) is 20.8 Å². The Kier molecular flexibility index (Phi) is 25.7. The number of rotatable bonds is 26. The Morgan fingerprint density at radius 2 is 0.912 bits per heavy atom. The molecule has 0 rings (SSSR count). The normalized spacial score (nSPS) is 11.2. The second-order valence-corrected chi connectivity index (χ2v) is 10.1. The predicted molar refractivity (Wildman–Crippen MR) is 144 cm³/mol. The van der Waals surface area contributed by atoms with Gasteiger partial charge in [-0.3, -0.25) is 9.59 Å². The average Bonchev–Trinajstić information content (AvgIpc) is 2.81. The standard InChI is InChI=1S/C30H58O4/c1-4-7-8-9-10-11-12-13-16-19-22-27-33-29(31)25-20-17-14-15-18-21-26-30(32)34-28(23-5-2)24-6-3/h28H,4-27H2,1-3H3. The highest BCUT2D eigenvalue weighted by molar-refractivity contribution is 5.69. The lowest BCUT2D eigenvalue weighted by molar-refractivity contribution is -0.150. The summed E-state index contributed by atoms with van der Waals surface area (Å²) in [7, 11) is 0. The Labute approximate surface area is 212 Å². The summed E-state index contributed by atoms with van der Waals surface area (Å²) in [6, 6.07) is 0. The van der Waals surface area contributed by atoms with Crippen LogP contribution in [0.2, 0.25) is 0 Å². The van der Waals surface area contributed by atoms with Crippen molar-refractivity contribution in [3.8, 4) is 0 Å². The van der Waals surface area contributed by atoms with Gasteiger partial charge < -0.3 is 9.47 Å². The molecule has 0 saturated carbocycles. The van der Waals surface area contributed by atoms with Crippen LogP contribution in [0.4, 0.5) is 0 Å². The predicted octanol–water partition coefficient (Wildman–Crippen LogP) is 9.47. The number of carbonyl (C=O) groups excluding carboxylic acids is 2. The van der Waals surface area contributed by atoms with Gasteiger partial charge in [0.15, 0.2) is 0 Å². The van der Waals surface area contributed by atoms with Crippen LogP contribution in [0, 0.1) is 0 Å². The van der Waals surface area contributed by atoms with Crippen molar-refractivity contribution in [2.24, 2.45) is 0 Å². The Balaban J connectivity index is 3.37. The first-order valence-corrected chi connectivity index (χ1v) is 15.0. The zero-order valence-corrected chi connectivity index (χ0v) is 23.2. The van der Waals surface area contributed by atoms with Gasteiger partial charge in [0.05, 0.1) is 6.61 Å². The van der Waals surface area contributed by atoms with Crippen LogP contribution in [-0.2, 0) is 19.1 Å². The molecule has 0 heterocycles. The number of unbranched alkanes of at least 4 members (excludes halogenated alkanes) is 15. The summed E-state index contributed by atoms with van der Waals surface area (Å²) in [6.07, 6.45) is 25.8. The van der Waals surface area contributed by atoms with Gasteiger partial charge >= 0.3 is 11.9 Å². The lowest BCUT2D eigenvalue weighted by atomic mass is 10.1. The molecular formula is C30H58O4. The maximum Gasteiger partial charge on any atom is 0.306 e. The van der Waals surface area contributed by atoms with Gasteiger partial charge in [0.2, 0.25) is 0 Å². The molecule has 4 heteroatoms. The zero-order chi connectivity index (χ0) is 25.1. The molecule has 0 aliphatic rings. The van der Waals surface area contributed by atoms with E-state index >= 15 is 0 Å². The Morgan fingerprint density at radius 1 is 0.500 bits per heavy atom. The van der Waals surface area contributed by atoms with Gasteiger partial charge in [0, 0.05) is 12.8 Å². The lowest BCUT2D eigenvalue weighted by Crippen LogP contribution is -2.17. The van der Waals surface area contributed by atoms with E-state index in [1.165, 1.54) is 64.2 Å². The van der Waals surface area contributed by atoms with Crippen LogP contribution in [0.5, 0.6) is 0 Å². The second-order valence-electron chi connectivity index (χ2n) is 10.1. The molecule has 0 unspecified atom stereocenters. The van der Waals surface area contributed by atoms with E-state index < -0.39 is 0 Å². The summed E-state index contributed by atoms with van der Waals surface area (Å²) in [5, 5.41) is 0. The van der Waals surface area contributed by atoms with Gasteiger partial charge in [0.25, 0.3) is 0 Å². The topological polar surface area (TPSA) is 52.6 Å². The van der Waals surface area contributed by atoms with Crippen LogP contribution >= 0.6 is 0 Å². The van der Waals surface area contributed by atoms with E-state index in [0.717, 1.165) is 70.6 Å². The number of carbonyl (C=O) groups is 2. The van der Waals surface area contributed by atoms with Crippen molar-refractivity contribution in [2.45, 2.75) is 175 Å². The maximum atomic E-state index is 12.0. The third-order valence-electron chi connectivity index (χ3n) is 6.54. The summed E-state index contributed by atoms with van der Waals surface area (Å²) < 4.78 is 11.0. The minimum absolute atomic E-state index is 0.0348. The first-order chi connectivity index (χ1) is 16.6. The monoisotopic (exact) mass is 482 g/mol. The molecule has 34 heavy (non-hydrogen) atoms. The van der Waals surface area contributed by atoms with Crippen molar-refractivity contribution in [1.82, 2.24) is 0 Å². The SMILES string of the molecule is CCCCCCCCCCCCCOC(=O)CCCCCCCCC(=O)OC(CCC)CCC. The van der Waals surface area contributed by atoms with Crippen LogP contribution in [0.3, 0.4) is 0 Å². The van der Waals surface area contributed by atoms with Crippen molar-refractivity contribution in [1.29, 1.82) is 0 Å².